The Morgan fingerprint density at radius 2 is 2.06 bits per heavy atom. The maximum atomic E-state index is 12.7. The summed E-state index contributed by atoms with van der Waals surface area (Å²) in [4.78, 5) is 11.6. The van der Waals surface area contributed by atoms with Crippen molar-refractivity contribution in [3.05, 3.63) is 17.5 Å². The highest BCUT2D eigenvalue weighted by Gasteiger charge is 2.39. The van der Waals surface area contributed by atoms with Crippen molar-refractivity contribution in [2.75, 3.05) is 19.9 Å². The van der Waals surface area contributed by atoms with E-state index in [-0.39, 0.29) is 0 Å². The minimum atomic E-state index is -4.68. The molecule has 0 saturated heterocycles. The molecule has 0 aliphatic carbocycles. The second-order valence-electron chi connectivity index (χ2n) is 3.98. The predicted molar refractivity (Wildman–Crippen MR) is 57.9 cm³/mol. The summed E-state index contributed by atoms with van der Waals surface area (Å²) >= 11 is 0. The highest BCUT2D eigenvalue weighted by atomic mass is 31.2. The molecule has 0 aliphatic rings. The molecule has 1 aromatic heterocycles. The van der Waals surface area contributed by atoms with Crippen LogP contribution in [-0.2, 0) is 22.3 Å². The molecule has 1 aromatic rings. The Morgan fingerprint density at radius 1 is 1.50 bits per heavy atom. The van der Waals surface area contributed by atoms with E-state index in [0.29, 0.717) is 4.68 Å². The van der Waals surface area contributed by atoms with Gasteiger partial charge in [0.05, 0.1) is 11.8 Å². The van der Waals surface area contributed by atoms with E-state index >= 15 is 0 Å². The van der Waals surface area contributed by atoms with Crippen molar-refractivity contribution in [2.24, 2.45) is 7.05 Å². The lowest BCUT2D eigenvalue weighted by molar-refractivity contribution is -0.144. The van der Waals surface area contributed by atoms with Gasteiger partial charge in [0.1, 0.15) is 6.61 Å². The summed E-state index contributed by atoms with van der Waals surface area (Å²) in [5.41, 5.74) is -1.73. The van der Waals surface area contributed by atoms with Crippen molar-refractivity contribution in [3.63, 3.8) is 0 Å². The van der Waals surface area contributed by atoms with Gasteiger partial charge in [-0.15, -0.1) is 0 Å². The average molecular weight is 284 g/mol. The van der Waals surface area contributed by atoms with Crippen LogP contribution >= 0.6 is 7.37 Å². The van der Waals surface area contributed by atoms with Crippen LogP contribution in [0.4, 0.5) is 13.2 Å². The van der Waals surface area contributed by atoms with E-state index in [9.17, 15) is 22.5 Å². The maximum Gasteiger partial charge on any atom is 0.433 e. The molecule has 0 N–H and O–H groups in total. The minimum absolute atomic E-state index is 0.574. The van der Waals surface area contributed by atoms with Gasteiger partial charge in [-0.3, -0.25) is 14.0 Å². The normalized spacial score (nSPS) is 12.8. The molecule has 0 spiro atoms. The van der Waals surface area contributed by atoms with Gasteiger partial charge in [-0.25, -0.2) is 0 Å². The second-order valence-corrected chi connectivity index (χ2v) is 6.74. The van der Waals surface area contributed by atoms with Crippen LogP contribution in [0.15, 0.2) is 6.20 Å². The first-order chi connectivity index (χ1) is 8.02. The highest BCUT2D eigenvalue weighted by Crippen LogP contribution is 2.37. The Labute approximate surface area is 101 Å². The predicted octanol–water partition coefficient (Wildman–Crippen LogP) is 2.18. The smallest absolute Gasteiger partial charge is 0.320 e. The van der Waals surface area contributed by atoms with Crippen molar-refractivity contribution < 1.29 is 27.1 Å². The van der Waals surface area contributed by atoms with Crippen molar-refractivity contribution >= 4 is 13.2 Å². The number of aromatic nitrogens is 2. The maximum absolute atomic E-state index is 12.7. The van der Waals surface area contributed by atoms with Crippen molar-refractivity contribution in [2.45, 2.75) is 6.18 Å². The zero-order valence-corrected chi connectivity index (χ0v) is 10.9. The molecule has 0 amide bonds. The van der Waals surface area contributed by atoms with Crippen molar-refractivity contribution in [1.82, 2.24) is 9.78 Å². The molecule has 0 unspecified atom stereocenters. The van der Waals surface area contributed by atoms with Crippen LogP contribution < -0.4 is 0 Å². The monoisotopic (exact) mass is 284 g/mol. The van der Waals surface area contributed by atoms with Gasteiger partial charge < -0.3 is 4.52 Å². The molecule has 0 bridgehead atoms. The molecule has 1 rings (SSSR count). The number of Topliss-reactive ketones (excluding diaryl/α,β-unsaturated/α-hetero) is 1. The van der Waals surface area contributed by atoms with Crippen LogP contribution in [0.5, 0.6) is 0 Å². The Kier molecular flexibility index (Phi) is 4.02. The molecule has 0 aromatic carbocycles. The molecule has 5 nitrogen and oxygen atoms in total. The summed E-state index contributed by atoms with van der Waals surface area (Å²) in [7, 11) is -1.83. The first-order valence-corrected chi connectivity index (χ1v) is 7.36. The van der Waals surface area contributed by atoms with Crippen LogP contribution in [0.2, 0.25) is 0 Å². The van der Waals surface area contributed by atoms with Gasteiger partial charge in [-0.05, 0) is 0 Å². The largest absolute Gasteiger partial charge is 0.433 e. The average Bonchev–Trinajstić information content (AvgIpc) is 2.54. The number of aryl methyl sites for hydroxylation is 1. The van der Waals surface area contributed by atoms with Crippen molar-refractivity contribution in [1.29, 1.82) is 0 Å². The first-order valence-electron chi connectivity index (χ1n) is 4.84. The number of nitrogens with zero attached hydrogens (tertiary/aromatic N) is 2. The van der Waals surface area contributed by atoms with Gasteiger partial charge in [0, 0.05) is 20.4 Å². The van der Waals surface area contributed by atoms with E-state index in [0.717, 1.165) is 13.2 Å². The van der Waals surface area contributed by atoms with Crippen LogP contribution in [0.25, 0.3) is 0 Å². The fourth-order valence-electron chi connectivity index (χ4n) is 1.27. The Balaban J connectivity index is 2.98. The number of hydrogen-bond donors (Lipinski definition) is 0. The molecule has 102 valence electrons. The first kappa shape index (κ1) is 14.9. The van der Waals surface area contributed by atoms with Crippen LogP contribution in [0, 0.1) is 0 Å². The number of carbonyl (C=O) groups is 1. The van der Waals surface area contributed by atoms with Gasteiger partial charge in [0.2, 0.25) is 0 Å². The number of rotatable bonds is 4. The molecule has 9 heteroatoms. The quantitative estimate of drug-likeness (QED) is 0.628. The third-order valence-electron chi connectivity index (χ3n) is 2.01. The molecular weight excluding hydrogens is 272 g/mol. The van der Waals surface area contributed by atoms with Crippen molar-refractivity contribution in [3.8, 4) is 0 Å². The minimum Gasteiger partial charge on any atom is -0.320 e. The summed E-state index contributed by atoms with van der Waals surface area (Å²) in [5.74, 6) is -0.903. The Morgan fingerprint density at radius 3 is 2.50 bits per heavy atom. The standard InChI is InChI=1S/C9H12F3N2O3P/c1-14-8(9(10,11)12)6(4-13-14)7(15)5-17-18(2,3)16/h4H,5H2,1-3H3. The fourth-order valence-corrected chi connectivity index (χ4v) is 1.70. The van der Waals surface area contributed by atoms with E-state index in [1.165, 1.54) is 13.3 Å². The van der Waals surface area contributed by atoms with Crippen LogP contribution in [0.3, 0.4) is 0 Å². The summed E-state index contributed by atoms with van der Waals surface area (Å²) in [5, 5.41) is 3.40. The molecule has 18 heavy (non-hydrogen) atoms. The molecule has 1 heterocycles. The van der Waals surface area contributed by atoms with Gasteiger partial charge in [-0.1, -0.05) is 0 Å². The van der Waals surface area contributed by atoms with E-state index in [1.54, 1.807) is 0 Å². The lowest BCUT2D eigenvalue weighted by Gasteiger charge is -2.10. The number of alkyl halides is 3. The van der Waals surface area contributed by atoms with Crippen LogP contribution in [-0.4, -0.2) is 35.5 Å². The molecule has 0 saturated carbocycles. The summed E-state index contributed by atoms with van der Waals surface area (Å²) in [6.45, 7) is 1.88. The summed E-state index contributed by atoms with van der Waals surface area (Å²) < 4.78 is 54.5. The third kappa shape index (κ3) is 3.68. The topological polar surface area (TPSA) is 61.2 Å². The lowest BCUT2D eigenvalue weighted by Crippen LogP contribution is -2.18. The molecule has 0 radical (unpaired) electrons. The molecule has 0 aliphatic heterocycles. The summed E-state index contributed by atoms with van der Waals surface area (Å²) in [6, 6.07) is 0. The van der Waals surface area contributed by atoms with E-state index in [2.05, 4.69) is 5.10 Å². The van der Waals surface area contributed by atoms with Crippen LogP contribution in [0.1, 0.15) is 16.1 Å². The lowest BCUT2D eigenvalue weighted by atomic mass is 10.1. The zero-order valence-electron chi connectivity index (χ0n) is 9.98. The van der Waals surface area contributed by atoms with Gasteiger partial charge >= 0.3 is 6.18 Å². The van der Waals surface area contributed by atoms with Gasteiger partial charge in [0.15, 0.2) is 18.8 Å². The second kappa shape index (κ2) is 4.85. The summed E-state index contributed by atoms with van der Waals surface area (Å²) in [6.07, 6.45) is -3.86. The Bertz CT molecular complexity index is 504. The highest BCUT2D eigenvalue weighted by molar-refractivity contribution is 7.57. The molecule has 0 atom stereocenters. The van der Waals surface area contributed by atoms with Gasteiger partial charge in [0.25, 0.3) is 0 Å². The molecule has 0 fully saturated rings. The molecular formula is C9H12F3N2O3P. The number of carbonyl (C=O) groups excluding carboxylic acids is 1. The van der Waals surface area contributed by atoms with E-state index < -0.39 is 37.2 Å². The van der Waals surface area contributed by atoms with Gasteiger partial charge in [-0.2, -0.15) is 18.3 Å². The number of ketones is 1. The SMILES string of the molecule is Cn1ncc(C(=O)COP(C)(C)=O)c1C(F)(F)F. The zero-order chi connectivity index (χ0) is 14.1. The number of halogens is 3. The fraction of sp³-hybridized carbons (Fsp3) is 0.556. The number of hydrogen-bond acceptors (Lipinski definition) is 4. The van der Waals surface area contributed by atoms with E-state index in [4.69, 9.17) is 4.52 Å². The van der Waals surface area contributed by atoms with E-state index in [1.807, 2.05) is 0 Å². The Hall–Kier alpha value is -1.14. The third-order valence-corrected chi connectivity index (χ3v) is 2.77.